The average molecular weight is 316 g/mol. The molecular weight excluding hydrogens is 299 g/mol. The Morgan fingerprint density at radius 2 is 2.18 bits per heavy atom. The number of hydrogen-bond donors (Lipinski definition) is 1. The van der Waals surface area contributed by atoms with Crippen LogP contribution in [-0.4, -0.2) is 10.9 Å². The Hall–Kier alpha value is -1.75. The number of hydrogen-bond acceptors (Lipinski definition) is 3. The molecule has 5 heteroatoms. The number of carbonyl (C=O) groups excluding carboxylic acids is 1. The maximum Gasteiger partial charge on any atom is 0.224 e. The number of carbonyl (C=O) groups is 1. The molecule has 0 aliphatic heterocycles. The van der Waals surface area contributed by atoms with E-state index < -0.39 is 0 Å². The van der Waals surface area contributed by atoms with E-state index in [0.717, 1.165) is 12.1 Å². The molecule has 114 valence electrons. The normalized spacial score (nSPS) is 23.3. The van der Waals surface area contributed by atoms with Crippen LogP contribution in [0.4, 0.5) is 4.39 Å². The maximum atomic E-state index is 13.7. The number of rotatable bonds is 5. The van der Waals surface area contributed by atoms with Crippen molar-refractivity contribution >= 4 is 17.2 Å². The van der Waals surface area contributed by atoms with Gasteiger partial charge in [-0.2, -0.15) is 0 Å². The molecule has 1 N–H and O–H groups in total. The highest BCUT2D eigenvalue weighted by Crippen LogP contribution is 2.48. The van der Waals surface area contributed by atoms with Crippen molar-refractivity contribution in [2.24, 2.45) is 5.92 Å². The summed E-state index contributed by atoms with van der Waals surface area (Å²) in [6.45, 7) is 0.475. The molecule has 0 bridgehead atoms. The molecule has 2 aromatic rings. The fraction of sp³-hybridized carbons (Fsp3) is 0.412. The van der Waals surface area contributed by atoms with Crippen molar-refractivity contribution in [3.63, 3.8) is 0 Å². The third kappa shape index (κ3) is 2.77. The molecule has 2 fully saturated rings. The van der Waals surface area contributed by atoms with Gasteiger partial charge in [-0.25, -0.2) is 9.37 Å². The van der Waals surface area contributed by atoms with Crippen LogP contribution in [0.3, 0.4) is 0 Å². The summed E-state index contributed by atoms with van der Waals surface area (Å²) >= 11 is 1.68. The van der Waals surface area contributed by atoms with Crippen LogP contribution in [0.15, 0.2) is 29.6 Å². The monoisotopic (exact) mass is 316 g/mol. The Labute approximate surface area is 132 Å². The fourth-order valence-corrected chi connectivity index (χ4v) is 3.83. The first kappa shape index (κ1) is 13.9. The SMILES string of the molecule is O=C(NCc1csc(C2CC2)n1)[C@@H]1C[C@H]1c1ccccc1F. The molecule has 22 heavy (non-hydrogen) atoms. The van der Waals surface area contributed by atoms with E-state index in [1.165, 1.54) is 23.9 Å². The molecule has 2 aliphatic rings. The topological polar surface area (TPSA) is 42.0 Å². The van der Waals surface area contributed by atoms with E-state index in [4.69, 9.17) is 0 Å². The highest BCUT2D eigenvalue weighted by Gasteiger charge is 2.45. The van der Waals surface area contributed by atoms with Gasteiger partial charge >= 0.3 is 0 Å². The van der Waals surface area contributed by atoms with Crippen molar-refractivity contribution in [2.75, 3.05) is 0 Å². The Morgan fingerprint density at radius 3 is 2.95 bits per heavy atom. The van der Waals surface area contributed by atoms with Gasteiger partial charge in [-0.1, -0.05) is 18.2 Å². The van der Waals surface area contributed by atoms with Gasteiger partial charge in [0.2, 0.25) is 5.91 Å². The lowest BCUT2D eigenvalue weighted by molar-refractivity contribution is -0.122. The van der Waals surface area contributed by atoms with Gasteiger partial charge in [-0.3, -0.25) is 4.79 Å². The van der Waals surface area contributed by atoms with Crippen molar-refractivity contribution in [3.8, 4) is 0 Å². The lowest BCUT2D eigenvalue weighted by atomic mass is 10.1. The highest BCUT2D eigenvalue weighted by atomic mass is 32.1. The van der Waals surface area contributed by atoms with Crippen LogP contribution < -0.4 is 5.32 Å². The summed E-state index contributed by atoms with van der Waals surface area (Å²) in [7, 11) is 0. The molecule has 0 spiro atoms. The molecule has 2 atom stereocenters. The van der Waals surface area contributed by atoms with Crippen molar-refractivity contribution < 1.29 is 9.18 Å². The molecule has 0 radical (unpaired) electrons. The van der Waals surface area contributed by atoms with Gasteiger partial charge in [0.25, 0.3) is 0 Å². The molecule has 4 rings (SSSR count). The predicted molar refractivity (Wildman–Crippen MR) is 83.2 cm³/mol. The number of halogens is 1. The lowest BCUT2D eigenvalue weighted by Gasteiger charge is -2.04. The van der Waals surface area contributed by atoms with Crippen molar-refractivity contribution in [3.05, 3.63) is 51.7 Å². The van der Waals surface area contributed by atoms with Crippen LogP contribution in [-0.2, 0) is 11.3 Å². The summed E-state index contributed by atoms with van der Waals surface area (Å²) < 4.78 is 13.7. The van der Waals surface area contributed by atoms with Gasteiger partial charge < -0.3 is 5.32 Å². The van der Waals surface area contributed by atoms with E-state index >= 15 is 0 Å². The minimum atomic E-state index is -0.212. The molecule has 1 heterocycles. The number of thiazole rings is 1. The summed E-state index contributed by atoms with van der Waals surface area (Å²) in [4.78, 5) is 16.7. The van der Waals surface area contributed by atoms with Gasteiger partial charge in [0, 0.05) is 17.2 Å². The predicted octanol–water partition coefficient (Wildman–Crippen LogP) is 3.58. The third-order valence-electron chi connectivity index (χ3n) is 4.37. The standard InChI is InChI=1S/C17H17FN2OS/c18-15-4-2-1-3-12(15)13-7-14(13)16(21)19-8-11-9-22-17(20-11)10-5-6-10/h1-4,9-10,13-14H,5-8H2,(H,19,21)/t13-,14+/m0/s1. The lowest BCUT2D eigenvalue weighted by Crippen LogP contribution is -2.25. The van der Waals surface area contributed by atoms with Crippen LogP contribution in [0, 0.1) is 11.7 Å². The first-order valence-corrected chi connectivity index (χ1v) is 8.57. The first-order valence-electron chi connectivity index (χ1n) is 7.69. The Balaban J connectivity index is 1.32. The van der Waals surface area contributed by atoms with E-state index in [9.17, 15) is 9.18 Å². The number of nitrogens with zero attached hydrogens (tertiary/aromatic N) is 1. The van der Waals surface area contributed by atoms with Crippen LogP contribution in [0.2, 0.25) is 0 Å². The maximum absolute atomic E-state index is 13.7. The van der Waals surface area contributed by atoms with Crippen LogP contribution in [0.1, 0.15) is 47.4 Å². The molecule has 3 nitrogen and oxygen atoms in total. The Morgan fingerprint density at radius 1 is 1.36 bits per heavy atom. The first-order chi connectivity index (χ1) is 10.7. The van der Waals surface area contributed by atoms with E-state index in [0.29, 0.717) is 18.0 Å². The van der Waals surface area contributed by atoms with Crippen LogP contribution >= 0.6 is 11.3 Å². The van der Waals surface area contributed by atoms with Crippen molar-refractivity contribution in [1.82, 2.24) is 10.3 Å². The second-order valence-corrected chi connectivity index (χ2v) is 7.03. The second-order valence-electron chi connectivity index (χ2n) is 6.14. The number of amides is 1. The minimum absolute atomic E-state index is 0.00854. The van der Waals surface area contributed by atoms with Gasteiger partial charge in [0.05, 0.1) is 17.2 Å². The molecule has 1 aromatic carbocycles. The van der Waals surface area contributed by atoms with Gasteiger partial charge in [-0.05, 0) is 36.8 Å². The van der Waals surface area contributed by atoms with Gasteiger partial charge in [-0.15, -0.1) is 11.3 Å². The summed E-state index contributed by atoms with van der Waals surface area (Å²) in [6, 6.07) is 6.73. The van der Waals surface area contributed by atoms with E-state index in [2.05, 4.69) is 10.3 Å². The van der Waals surface area contributed by atoms with Gasteiger partial charge in [0.1, 0.15) is 5.82 Å². The van der Waals surface area contributed by atoms with E-state index in [1.54, 1.807) is 23.5 Å². The number of benzene rings is 1. The molecular formula is C17H17FN2OS. The smallest absolute Gasteiger partial charge is 0.224 e. The van der Waals surface area contributed by atoms with Crippen LogP contribution in [0.25, 0.3) is 0 Å². The molecule has 2 saturated carbocycles. The zero-order chi connectivity index (χ0) is 15.1. The number of nitrogens with one attached hydrogen (secondary N) is 1. The third-order valence-corrected chi connectivity index (χ3v) is 5.43. The zero-order valence-electron chi connectivity index (χ0n) is 12.1. The highest BCUT2D eigenvalue weighted by molar-refractivity contribution is 7.09. The summed E-state index contributed by atoms with van der Waals surface area (Å²) in [5, 5.41) is 6.15. The van der Waals surface area contributed by atoms with Crippen molar-refractivity contribution in [2.45, 2.75) is 37.6 Å². The Kier molecular flexibility index (Phi) is 3.45. The molecule has 0 saturated heterocycles. The number of aromatic nitrogens is 1. The fourth-order valence-electron chi connectivity index (χ4n) is 2.83. The molecule has 2 aliphatic carbocycles. The van der Waals surface area contributed by atoms with Crippen LogP contribution in [0.5, 0.6) is 0 Å². The largest absolute Gasteiger partial charge is 0.350 e. The minimum Gasteiger partial charge on any atom is -0.350 e. The van der Waals surface area contributed by atoms with Crippen molar-refractivity contribution in [1.29, 1.82) is 0 Å². The summed E-state index contributed by atoms with van der Waals surface area (Å²) in [6.07, 6.45) is 3.22. The average Bonchev–Trinajstić information content (AvgIpc) is 3.44. The molecule has 1 aromatic heterocycles. The zero-order valence-corrected chi connectivity index (χ0v) is 12.9. The molecule has 1 amide bonds. The Bertz CT molecular complexity index is 710. The van der Waals surface area contributed by atoms with E-state index in [-0.39, 0.29) is 23.6 Å². The molecule has 0 unspecified atom stereocenters. The summed E-state index contributed by atoms with van der Waals surface area (Å²) in [5.74, 6) is 0.381. The second kappa shape index (κ2) is 5.47. The summed E-state index contributed by atoms with van der Waals surface area (Å²) in [5.41, 5.74) is 1.59. The van der Waals surface area contributed by atoms with Gasteiger partial charge in [0.15, 0.2) is 0 Å². The quantitative estimate of drug-likeness (QED) is 0.916. The van der Waals surface area contributed by atoms with E-state index in [1.807, 2.05) is 11.4 Å².